The summed E-state index contributed by atoms with van der Waals surface area (Å²) in [4.78, 5) is 5.21. The first-order chi connectivity index (χ1) is 10.1. The topological polar surface area (TPSA) is 50.3 Å². The summed E-state index contributed by atoms with van der Waals surface area (Å²) in [6, 6.07) is 2.08. The van der Waals surface area contributed by atoms with Gasteiger partial charge in [0.25, 0.3) is 10.0 Å². The van der Waals surface area contributed by atoms with E-state index in [1.54, 1.807) is 15.6 Å². The zero-order valence-electron chi connectivity index (χ0n) is 11.0. The summed E-state index contributed by atoms with van der Waals surface area (Å²) in [5, 5.41) is 2.07. The summed E-state index contributed by atoms with van der Waals surface area (Å²) in [5.41, 5.74) is 1.20. The Kier molecular flexibility index (Phi) is 3.38. The molecule has 0 saturated heterocycles. The lowest BCUT2D eigenvalue weighted by Crippen LogP contribution is -2.40. The van der Waals surface area contributed by atoms with Gasteiger partial charge in [-0.25, -0.2) is 13.4 Å². The van der Waals surface area contributed by atoms with Gasteiger partial charge in [-0.05, 0) is 42.2 Å². The van der Waals surface area contributed by atoms with Crippen LogP contribution in [0.4, 0.5) is 0 Å². The molecule has 0 N–H and O–H groups in total. The first-order valence-electron chi connectivity index (χ1n) is 6.77. The Balaban J connectivity index is 1.77. The molecule has 1 atom stereocenters. The lowest BCUT2D eigenvalue weighted by Gasteiger charge is -2.34. The predicted octanol–water partition coefficient (Wildman–Crippen LogP) is 3.56. The van der Waals surface area contributed by atoms with E-state index >= 15 is 0 Å². The second-order valence-corrected chi connectivity index (χ2v) is 10.1. The second kappa shape index (κ2) is 5.03. The third-order valence-electron chi connectivity index (χ3n) is 4.06. The number of aromatic nitrogens is 1. The monoisotopic (exact) mass is 360 g/mol. The van der Waals surface area contributed by atoms with E-state index < -0.39 is 10.0 Å². The number of halogens is 1. The normalized spacial score (nSPS) is 23.2. The Morgan fingerprint density at radius 3 is 2.86 bits per heavy atom. The highest BCUT2D eigenvalue weighted by atomic mass is 35.5. The minimum atomic E-state index is -3.51. The predicted molar refractivity (Wildman–Crippen MR) is 84.5 cm³/mol. The summed E-state index contributed by atoms with van der Waals surface area (Å²) >= 11 is 8.57. The highest BCUT2D eigenvalue weighted by Crippen LogP contribution is 2.50. The van der Waals surface area contributed by atoms with E-state index in [0.29, 0.717) is 12.5 Å². The van der Waals surface area contributed by atoms with Gasteiger partial charge in [-0.15, -0.1) is 11.3 Å². The van der Waals surface area contributed by atoms with E-state index in [2.05, 4.69) is 16.4 Å². The third-order valence-corrected chi connectivity index (χ3v) is 8.48. The molecule has 4 nitrogen and oxygen atoms in total. The van der Waals surface area contributed by atoms with Crippen LogP contribution in [0.15, 0.2) is 21.9 Å². The lowest BCUT2D eigenvalue weighted by molar-refractivity contribution is 0.283. The number of thiophene rings is 1. The van der Waals surface area contributed by atoms with E-state index in [0.717, 1.165) is 30.6 Å². The highest BCUT2D eigenvalue weighted by molar-refractivity contribution is 7.91. The van der Waals surface area contributed by atoms with Gasteiger partial charge in [-0.3, -0.25) is 0 Å². The molecule has 4 rings (SSSR count). The van der Waals surface area contributed by atoms with Crippen molar-refractivity contribution >= 4 is 44.3 Å². The van der Waals surface area contributed by atoms with E-state index in [1.807, 2.05) is 0 Å². The van der Waals surface area contributed by atoms with E-state index in [1.165, 1.54) is 16.6 Å². The Morgan fingerprint density at radius 1 is 1.38 bits per heavy atom. The maximum absolute atomic E-state index is 12.9. The zero-order chi connectivity index (χ0) is 14.6. The summed E-state index contributed by atoms with van der Waals surface area (Å²) < 4.78 is 28.0. The maximum Gasteiger partial charge on any atom is 0.254 e. The SMILES string of the molecule is O=S(=O)(c1cnc(Cl)s1)N1CCc2sccc2C1C1CC1. The summed E-state index contributed by atoms with van der Waals surface area (Å²) in [6.07, 6.45) is 4.38. The number of sulfonamides is 1. The molecule has 1 aliphatic heterocycles. The van der Waals surface area contributed by atoms with Crippen molar-refractivity contribution in [2.45, 2.75) is 29.5 Å². The zero-order valence-corrected chi connectivity index (χ0v) is 14.2. The molecule has 1 aliphatic carbocycles. The van der Waals surface area contributed by atoms with Gasteiger partial charge in [0.05, 0.1) is 12.2 Å². The quantitative estimate of drug-likeness (QED) is 0.840. The molecule has 3 heterocycles. The fourth-order valence-electron chi connectivity index (χ4n) is 2.97. The third kappa shape index (κ3) is 2.35. The molecule has 2 aromatic rings. The van der Waals surface area contributed by atoms with Crippen LogP contribution in [0, 0.1) is 5.92 Å². The van der Waals surface area contributed by atoms with Crippen LogP contribution < -0.4 is 0 Å². The van der Waals surface area contributed by atoms with Crippen LogP contribution in [0.3, 0.4) is 0 Å². The minimum absolute atomic E-state index is 0.00845. The molecule has 0 bridgehead atoms. The molecule has 0 amide bonds. The van der Waals surface area contributed by atoms with Crippen molar-refractivity contribution in [3.63, 3.8) is 0 Å². The van der Waals surface area contributed by atoms with Gasteiger partial charge in [0.15, 0.2) is 8.68 Å². The van der Waals surface area contributed by atoms with E-state index in [4.69, 9.17) is 11.6 Å². The Morgan fingerprint density at radius 2 is 2.19 bits per heavy atom. The van der Waals surface area contributed by atoms with Gasteiger partial charge in [0, 0.05) is 11.4 Å². The van der Waals surface area contributed by atoms with Crippen molar-refractivity contribution in [3.05, 3.63) is 32.6 Å². The first kappa shape index (κ1) is 14.1. The fraction of sp³-hybridized carbons (Fsp3) is 0.462. The maximum atomic E-state index is 12.9. The number of nitrogens with zero attached hydrogens (tertiary/aromatic N) is 2. The number of fused-ring (bicyclic) bond motifs is 1. The molecule has 0 aromatic carbocycles. The van der Waals surface area contributed by atoms with Crippen molar-refractivity contribution in [3.8, 4) is 0 Å². The van der Waals surface area contributed by atoms with Crippen LogP contribution in [0.5, 0.6) is 0 Å². The molecule has 0 spiro atoms. The molecule has 1 saturated carbocycles. The second-order valence-electron chi connectivity index (χ2n) is 5.38. The van der Waals surface area contributed by atoms with Crippen molar-refractivity contribution in [2.24, 2.45) is 5.92 Å². The molecule has 2 aromatic heterocycles. The Bertz CT molecular complexity index is 779. The molecule has 0 radical (unpaired) electrons. The van der Waals surface area contributed by atoms with Crippen molar-refractivity contribution in [1.29, 1.82) is 0 Å². The molecule has 8 heteroatoms. The van der Waals surface area contributed by atoms with Crippen molar-refractivity contribution in [1.82, 2.24) is 9.29 Å². The van der Waals surface area contributed by atoms with Crippen LogP contribution in [-0.4, -0.2) is 24.3 Å². The molecule has 1 fully saturated rings. The lowest BCUT2D eigenvalue weighted by atomic mass is 9.98. The Labute approximate surface area is 136 Å². The first-order valence-corrected chi connectivity index (χ1v) is 10.3. The van der Waals surface area contributed by atoms with Crippen LogP contribution in [0.1, 0.15) is 29.3 Å². The van der Waals surface area contributed by atoms with Crippen LogP contribution >= 0.6 is 34.3 Å². The summed E-state index contributed by atoms with van der Waals surface area (Å²) in [6.45, 7) is 0.548. The molecular formula is C13H13ClN2O2S3. The van der Waals surface area contributed by atoms with E-state index in [9.17, 15) is 8.42 Å². The van der Waals surface area contributed by atoms with Gasteiger partial charge in [0.2, 0.25) is 0 Å². The van der Waals surface area contributed by atoms with Gasteiger partial charge in [0.1, 0.15) is 0 Å². The molecular weight excluding hydrogens is 348 g/mol. The number of hydrogen-bond acceptors (Lipinski definition) is 5. The van der Waals surface area contributed by atoms with Gasteiger partial charge < -0.3 is 0 Å². The average Bonchev–Trinajstić information content (AvgIpc) is 3.00. The van der Waals surface area contributed by atoms with Gasteiger partial charge in [-0.2, -0.15) is 4.31 Å². The number of thiazole rings is 1. The van der Waals surface area contributed by atoms with Gasteiger partial charge >= 0.3 is 0 Å². The van der Waals surface area contributed by atoms with Crippen molar-refractivity contribution in [2.75, 3.05) is 6.54 Å². The average molecular weight is 361 g/mol. The largest absolute Gasteiger partial charge is 0.254 e. The van der Waals surface area contributed by atoms with Crippen LogP contribution in [0.2, 0.25) is 4.47 Å². The number of hydrogen-bond donors (Lipinski definition) is 0. The number of rotatable bonds is 3. The standard InChI is InChI=1S/C13H13ClN2O2S3/c14-13-15-7-11(20-13)21(17,18)16-5-3-10-9(4-6-19-10)12(16)8-1-2-8/h4,6-8,12H,1-3,5H2. The van der Waals surface area contributed by atoms with Crippen molar-refractivity contribution < 1.29 is 8.42 Å². The van der Waals surface area contributed by atoms with Crippen LogP contribution in [-0.2, 0) is 16.4 Å². The summed E-state index contributed by atoms with van der Waals surface area (Å²) in [5.74, 6) is 0.455. The highest BCUT2D eigenvalue weighted by Gasteiger charge is 2.45. The smallest absolute Gasteiger partial charge is 0.232 e. The Hall–Kier alpha value is -0.470. The molecule has 2 aliphatic rings. The van der Waals surface area contributed by atoms with Gasteiger partial charge in [-0.1, -0.05) is 22.9 Å². The molecule has 21 heavy (non-hydrogen) atoms. The molecule has 112 valence electrons. The molecule has 1 unspecified atom stereocenters. The van der Waals surface area contributed by atoms with Crippen LogP contribution in [0.25, 0.3) is 0 Å². The summed E-state index contributed by atoms with van der Waals surface area (Å²) in [7, 11) is -3.51. The van der Waals surface area contributed by atoms with E-state index in [-0.39, 0.29) is 14.7 Å². The fourth-order valence-corrected chi connectivity index (χ4v) is 6.97. The minimum Gasteiger partial charge on any atom is -0.232 e.